The van der Waals surface area contributed by atoms with E-state index in [4.69, 9.17) is 19.3 Å². The molecule has 2 aliphatic rings. The van der Waals surface area contributed by atoms with Crippen molar-refractivity contribution in [2.24, 2.45) is 11.8 Å². The van der Waals surface area contributed by atoms with Gasteiger partial charge in [-0.1, -0.05) is 51.2 Å². The lowest BCUT2D eigenvalue weighted by Gasteiger charge is -2.21. The maximum Gasteiger partial charge on any atom is 0.508 e. The highest BCUT2D eigenvalue weighted by atomic mass is 16.7. The zero-order chi connectivity index (χ0) is 18.8. The molecular formula is C20H34O6. The van der Waals surface area contributed by atoms with Crippen molar-refractivity contribution in [1.29, 1.82) is 0 Å². The Labute approximate surface area is 156 Å². The van der Waals surface area contributed by atoms with Gasteiger partial charge in [0.15, 0.2) is 0 Å². The number of aliphatic hydroxyl groups is 2. The first-order valence-corrected chi connectivity index (χ1v) is 10.1. The fraction of sp³-hybridized carbons (Fsp3) is 0.850. The second-order valence-electron chi connectivity index (χ2n) is 7.37. The third-order valence-corrected chi connectivity index (χ3v) is 5.44. The number of carbonyl (C=O) groups excluding carboxylic acids is 1. The van der Waals surface area contributed by atoms with Crippen LogP contribution in [0.15, 0.2) is 12.2 Å². The zero-order valence-corrected chi connectivity index (χ0v) is 15.8. The van der Waals surface area contributed by atoms with Crippen LogP contribution in [0.25, 0.3) is 0 Å². The number of aliphatic hydroxyl groups excluding tert-OH is 2. The van der Waals surface area contributed by atoms with Crippen molar-refractivity contribution in [2.75, 3.05) is 13.4 Å². The third-order valence-electron chi connectivity index (χ3n) is 5.44. The van der Waals surface area contributed by atoms with Crippen molar-refractivity contribution in [3.63, 3.8) is 0 Å². The smallest absolute Gasteiger partial charge is 0.431 e. The molecule has 0 aromatic carbocycles. The predicted molar refractivity (Wildman–Crippen MR) is 97.5 cm³/mol. The maximum absolute atomic E-state index is 11.6. The Hall–Kier alpha value is -1.11. The molecule has 5 unspecified atom stereocenters. The van der Waals surface area contributed by atoms with E-state index in [1.807, 2.05) is 12.2 Å². The molecule has 150 valence electrons. The molecular weight excluding hydrogens is 336 g/mol. The molecule has 2 fully saturated rings. The summed E-state index contributed by atoms with van der Waals surface area (Å²) in [7, 11) is 0. The van der Waals surface area contributed by atoms with Gasteiger partial charge in [0.05, 0.1) is 6.10 Å². The Kier molecular flexibility index (Phi) is 9.43. The van der Waals surface area contributed by atoms with Crippen molar-refractivity contribution in [3.05, 3.63) is 12.2 Å². The minimum Gasteiger partial charge on any atom is -0.431 e. The predicted octanol–water partition coefficient (Wildman–Crippen LogP) is 3.55. The molecule has 6 heteroatoms. The molecule has 0 radical (unpaired) electrons. The van der Waals surface area contributed by atoms with E-state index in [0.29, 0.717) is 6.61 Å². The minimum atomic E-state index is -0.563. The van der Waals surface area contributed by atoms with Crippen molar-refractivity contribution >= 4 is 6.16 Å². The van der Waals surface area contributed by atoms with Gasteiger partial charge in [0, 0.05) is 24.9 Å². The number of unbranched alkanes of at least 4 members (excludes halogenated alkanes) is 4. The topological polar surface area (TPSA) is 85.2 Å². The maximum atomic E-state index is 11.6. The van der Waals surface area contributed by atoms with E-state index in [2.05, 4.69) is 6.92 Å². The average molecular weight is 370 g/mol. The lowest BCUT2D eigenvalue weighted by Crippen LogP contribution is -2.28. The second kappa shape index (κ2) is 11.6. The number of ether oxygens (including phenoxy) is 3. The molecule has 2 bridgehead atoms. The summed E-state index contributed by atoms with van der Waals surface area (Å²) in [5, 5.41) is 18.8. The second-order valence-corrected chi connectivity index (χ2v) is 7.37. The average Bonchev–Trinajstić information content (AvgIpc) is 2.86. The van der Waals surface area contributed by atoms with Crippen LogP contribution >= 0.6 is 0 Å². The highest BCUT2D eigenvalue weighted by Gasteiger charge is 2.49. The number of fused-ring (bicyclic) bond motifs is 2. The lowest BCUT2D eigenvalue weighted by atomic mass is 9.88. The van der Waals surface area contributed by atoms with Crippen molar-refractivity contribution in [1.82, 2.24) is 0 Å². The molecule has 0 aromatic heterocycles. The fourth-order valence-corrected chi connectivity index (χ4v) is 4.05. The molecule has 1 aliphatic carbocycles. The van der Waals surface area contributed by atoms with Gasteiger partial charge in [-0.15, -0.1) is 0 Å². The first kappa shape index (κ1) is 21.2. The van der Waals surface area contributed by atoms with E-state index in [9.17, 15) is 9.90 Å². The summed E-state index contributed by atoms with van der Waals surface area (Å²) in [6.45, 7) is 2.49. The molecule has 0 spiro atoms. The zero-order valence-electron chi connectivity index (χ0n) is 15.8. The van der Waals surface area contributed by atoms with Crippen LogP contribution in [0.1, 0.15) is 64.7 Å². The first-order chi connectivity index (χ1) is 12.7. The van der Waals surface area contributed by atoms with Crippen LogP contribution in [0.2, 0.25) is 0 Å². The highest BCUT2D eigenvalue weighted by Crippen LogP contribution is 2.43. The van der Waals surface area contributed by atoms with Crippen LogP contribution in [0.5, 0.6) is 0 Å². The summed E-state index contributed by atoms with van der Waals surface area (Å²) < 4.78 is 15.7. The van der Waals surface area contributed by atoms with Gasteiger partial charge in [0.1, 0.15) is 19.0 Å². The Bertz CT molecular complexity index is 438. The molecule has 2 rings (SSSR count). The van der Waals surface area contributed by atoms with Crippen LogP contribution in [-0.2, 0) is 14.2 Å². The Morgan fingerprint density at radius 1 is 1.19 bits per heavy atom. The molecule has 1 aliphatic heterocycles. The van der Waals surface area contributed by atoms with E-state index in [-0.39, 0.29) is 30.8 Å². The van der Waals surface area contributed by atoms with Gasteiger partial charge < -0.3 is 24.4 Å². The van der Waals surface area contributed by atoms with Crippen molar-refractivity contribution in [3.8, 4) is 0 Å². The van der Waals surface area contributed by atoms with Crippen LogP contribution in [0.3, 0.4) is 0 Å². The Morgan fingerprint density at radius 2 is 2.00 bits per heavy atom. The largest absolute Gasteiger partial charge is 0.508 e. The van der Waals surface area contributed by atoms with E-state index < -0.39 is 12.3 Å². The van der Waals surface area contributed by atoms with E-state index in [1.165, 1.54) is 0 Å². The number of rotatable bonds is 13. The third kappa shape index (κ3) is 6.56. The molecule has 1 saturated carbocycles. The summed E-state index contributed by atoms with van der Waals surface area (Å²) in [6, 6.07) is 0. The lowest BCUT2D eigenvalue weighted by molar-refractivity contribution is -0.0351. The van der Waals surface area contributed by atoms with Crippen molar-refractivity contribution < 1.29 is 29.2 Å². The molecule has 1 saturated heterocycles. The molecule has 2 N–H and O–H groups in total. The molecule has 0 aromatic rings. The monoisotopic (exact) mass is 370 g/mol. The fourth-order valence-electron chi connectivity index (χ4n) is 4.05. The first-order valence-electron chi connectivity index (χ1n) is 10.1. The summed E-state index contributed by atoms with van der Waals surface area (Å²) >= 11 is 0. The van der Waals surface area contributed by atoms with Gasteiger partial charge in [0.25, 0.3) is 0 Å². The summed E-state index contributed by atoms with van der Waals surface area (Å²) in [5.41, 5.74) is 0. The summed E-state index contributed by atoms with van der Waals surface area (Å²) in [4.78, 5) is 11.6. The van der Waals surface area contributed by atoms with Crippen LogP contribution in [0.4, 0.5) is 4.79 Å². The van der Waals surface area contributed by atoms with Gasteiger partial charge >= 0.3 is 6.16 Å². The summed E-state index contributed by atoms with van der Waals surface area (Å²) in [6.07, 6.45) is 11.4. The van der Waals surface area contributed by atoms with E-state index in [1.54, 1.807) is 0 Å². The number of hydrogen-bond donors (Lipinski definition) is 2. The van der Waals surface area contributed by atoms with Gasteiger partial charge in [0.2, 0.25) is 0 Å². The molecule has 6 nitrogen and oxygen atoms in total. The van der Waals surface area contributed by atoms with Gasteiger partial charge in [-0.05, 0) is 19.3 Å². The number of carbonyl (C=O) groups is 1. The van der Waals surface area contributed by atoms with Crippen LogP contribution in [0, 0.1) is 11.8 Å². The van der Waals surface area contributed by atoms with Crippen molar-refractivity contribution in [2.45, 2.75) is 83.0 Å². The molecule has 0 amide bonds. The van der Waals surface area contributed by atoms with Crippen LogP contribution < -0.4 is 0 Å². The SMILES string of the molecule is CCCCCC(O)/C=C/C1C2CC(OC(=O)O2)C1CCCCCOCO. The molecule has 1 heterocycles. The molecule has 5 atom stereocenters. The highest BCUT2D eigenvalue weighted by molar-refractivity contribution is 5.61. The number of hydrogen-bond acceptors (Lipinski definition) is 6. The van der Waals surface area contributed by atoms with E-state index >= 15 is 0 Å². The Balaban J connectivity index is 1.85. The minimum absolute atomic E-state index is 0.0816. The molecule has 26 heavy (non-hydrogen) atoms. The van der Waals surface area contributed by atoms with Crippen LogP contribution in [-0.4, -0.2) is 48.1 Å². The van der Waals surface area contributed by atoms with Gasteiger partial charge in [-0.25, -0.2) is 4.79 Å². The Morgan fingerprint density at radius 3 is 2.77 bits per heavy atom. The van der Waals surface area contributed by atoms with Gasteiger partial charge in [-0.2, -0.15) is 0 Å². The van der Waals surface area contributed by atoms with E-state index in [0.717, 1.165) is 57.8 Å². The normalized spacial score (nSPS) is 29.0. The van der Waals surface area contributed by atoms with Gasteiger partial charge in [-0.3, -0.25) is 0 Å². The quantitative estimate of drug-likeness (QED) is 0.223. The standard InChI is InChI=1S/C20H34O6/c1-2-3-5-8-15(22)10-11-17-16(9-6-4-7-12-24-14-21)18-13-19(17)26-20(23)25-18/h10-11,15-19,21-22H,2-9,12-14H2,1H3/b11-10+. The summed E-state index contributed by atoms with van der Waals surface area (Å²) in [5.74, 6) is 0.352.